The summed E-state index contributed by atoms with van der Waals surface area (Å²) in [6, 6.07) is 0. The van der Waals surface area contributed by atoms with Crippen LogP contribution in [-0.2, 0) is 14.3 Å². The van der Waals surface area contributed by atoms with Gasteiger partial charge in [-0.3, -0.25) is 19.5 Å². The summed E-state index contributed by atoms with van der Waals surface area (Å²) in [5, 5.41) is 3.08. The lowest BCUT2D eigenvalue weighted by atomic mass is 10.2. The monoisotopic (exact) mass is 273 g/mol. The standard InChI is InChI=1S/C11H19N3O3S/c1-12-11-14(2)10(16)8(18-11)7-9(15)13-5-4-6-17-3/h8H,4-7H2,1-3H3,(H,13,15). The first-order valence-electron chi connectivity index (χ1n) is 5.76. The van der Waals surface area contributed by atoms with Crippen molar-refractivity contribution < 1.29 is 14.3 Å². The minimum Gasteiger partial charge on any atom is -0.385 e. The Morgan fingerprint density at radius 2 is 2.33 bits per heavy atom. The number of hydrogen-bond acceptors (Lipinski definition) is 5. The van der Waals surface area contributed by atoms with Gasteiger partial charge in [0.15, 0.2) is 5.17 Å². The lowest BCUT2D eigenvalue weighted by Gasteiger charge is -2.08. The van der Waals surface area contributed by atoms with Gasteiger partial charge in [-0.2, -0.15) is 0 Å². The SMILES string of the molecule is CN=C1SC(CC(=O)NCCCOC)C(=O)N1C. The van der Waals surface area contributed by atoms with Crippen molar-refractivity contribution in [2.75, 3.05) is 34.4 Å². The minimum atomic E-state index is -0.351. The lowest BCUT2D eigenvalue weighted by Crippen LogP contribution is -2.33. The van der Waals surface area contributed by atoms with Gasteiger partial charge in [0.1, 0.15) is 5.25 Å². The van der Waals surface area contributed by atoms with E-state index in [9.17, 15) is 9.59 Å². The molecule has 0 radical (unpaired) electrons. The molecule has 2 amide bonds. The van der Waals surface area contributed by atoms with Crippen LogP contribution in [0.5, 0.6) is 0 Å². The fraction of sp³-hybridized carbons (Fsp3) is 0.727. The van der Waals surface area contributed by atoms with E-state index in [2.05, 4.69) is 10.3 Å². The highest BCUT2D eigenvalue weighted by Gasteiger charge is 2.36. The number of ether oxygens (including phenoxy) is 1. The maximum Gasteiger partial charge on any atom is 0.242 e. The fourth-order valence-corrected chi connectivity index (χ4v) is 2.69. The predicted octanol–water partition coefficient (Wildman–Crippen LogP) is 0.0888. The number of thioether (sulfide) groups is 1. The Bertz CT molecular complexity index is 346. The summed E-state index contributed by atoms with van der Waals surface area (Å²) < 4.78 is 4.88. The molecule has 1 saturated heterocycles. The molecule has 0 aromatic heterocycles. The van der Waals surface area contributed by atoms with E-state index >= 15 is 0 Å². The van der Waals surface area contributed by atoms with Crippen LogP contribution in [0.2, 0.25) is 0 Å². The van der Waals surface area contributed by atoms with E-state index in [0.29, 0.717) is 18.3 Å². The smallest absolute Gasteiger partial charge is 0.242 e. The van der Waals surface area contributed by atoms with Gasteiger partial charge in [-0.1, -0.05) is 11.8 Å². The largest absolute Gasteiger partial charge is 0.385 e. The Morgan fingerprint density at radius 3 is 2.89 bits per heavy atom. The number of amides is 2. The van der Waals surface area contributed by atoms with Crippen LogP contribution in [-0.4, -0.2) is 61.5 Å². The number of hydrogen-bond donors (Lipinski definition) is 1. The van der Waals surface area contributed by atoms with Gasteiger partial charge in [0.25, 0.3) is 0 Å². The summed E-state index contributed by atoms with van der Waals surface area (Å²) in [7, 11) is 4.94. The quantitative estimate of drug-likeness (QED) is 0.696. The number of carbonyl (C=O) groups excluding carboxylic acids is 2. The molecule has 1 unspecified atom stereocenters. The van der Waals surface area contributed by atoms with Crippen LogP contribution in [0, 0.1) is 0 Å². The van der Waals surface area contributed by atoms with E-state index in [1.54, 1.807) is 21.2 Å². The van der Waals surface area contributed by atoms with E-state index in [-0.39, 0.29) is 23.5 Å². The molecular weight excluding hydrogens is 254 g/mol. The molecule has 1 atom stereocenters. The van der Waals surface area contributed by atoms with Crippen molar-refractivity contribution in [3.63, 3.8) is 0 Å². The van der Waals surface area contributed by atoms with Crippen molar-refractivity contribution in [1.82, 2.24) is 10.2 Å². The average Bonchev–Trinajstić information content (AvgIpc) is 2.62. The van der Waals surface area contributed by atoms with E-state index in [4.69, 9.17) is 4.74 Å². The molecule has 102 valence electrons. The van der Waals surface area contributed by atoms with Crippen LogP contribution in [0.3, 0.4) is 0 Å². The minimum absolute atomic E-state index is 0.0624. The van der Waals surface area contributed by atoms with E-state index < -0.39 is 0 Å². The summed E-state index contributed by atoms with van der Waals surface area (Å²) in [5.41, 5.74) is 0. The Labute approximate surface area is 111 Å². The van der Waals surface area contributed by atoms with Gasteiger partial charge < -0.3 is 10.1 Å². The van der Waals surface area contributed by atoms with Crippen molar-refractivity contribution in [2.24, 2.45) is 4.99 Å². The molecule has 18 heavy (non-hydrogen) atoms. The van der Waals surface area contributed by atoms with Gasteiger partial charge in [-0.15, -0.1) is 0 Å². The Kier molecular flexibility index (Phi) is 6.14. The molecule has 0 aromatic carbocycles. The first-order valence-corrected chi connectivity index (χ1v) is 6.64. The molecule has 0 bridgehead atoms. The number of nitrogens with zero attached hydrogens (tertiary/aromatic N) is 2. The Hall–Kier alpha value is -1.08. The fourth-order valence-electron chi connectivity index (χ4n) is 1.58. The van der Waals surface area contributed by atoms with Crippen molar-refractivity contribution in [1.29, 1.82) is 0 Å². The molecule has 1 rings (SSSR count). The summed E-state index contributed by atoms with van der Waals surface area (Å²) >= 11 is 1.34. The third kappa shape index (κ3) is 3.99. The van der Waals surface area contributed by atoms with E-state index in [1.165, 1.54) is 16.7 Å². The molecule has 0 saturated carbocycles. The summed E-state index contributed by atoms with van der Waals surface area (Å²) in [6.45, 7) is 1.19. The van der Waals surface area contributed by atoms with Crippen LogP contribution in [0.4, 0.5) is 0 Å². The molecule has 7 heteroatoms. The zero-order valence-electron chi connectivity index (χ0n) is 10.9. The molecule has 1 fully saturated rings. The summed E-state index contributed by atoms with van der Waals surface area (Å²) in [6.07, 6.45) is 0.968. The lowest BCUT2D eigenvalue weighted by molar-refractivity contribution is -0.128. The molecule has 0 aliphatic carbocycles. The van der Waals surface area contributed by atoms with Crippen LogP contribution in [0.25, 0.3) is 0 Å². The summed E-state index contributed by atoms with van der Waals surface area (Å²) in [5.74, 6) is -0.171. The number of carbonyl (C=O) groups is 2. The van der Waals surface area contributed by atoms with Crippen molar-refractivity contribution in [3.8, 4) is 0 Å². The molecule has 0 aromatic rings. The third-order valence-electron chi connectivity index (χ3n) is 2.55. The molecule has 1 aliphatic rings. The molecule has 6 nitrogen and oxygen atoms in total. The second-order valence-corrected chi connectivity index (χ2v) is 5.08. The highest BCUT2D eigenvalue weighted by atomic mass is 32.2. The number of rotatable bonds is 6. The molecule has 1 aliphatic heterocycles. The highest BCUT2D eigenvalue weighted by Crippen LogP contribution is 2.27. The van der Waals surface area contributed by atoms with Crippen LogP contribution >= 0.6 is 11.8 Å². The third-order valence-corrected chi connectivity index (χ3v) is 3.87. The Morgan fingerprint density at radius 1 is 1.61 bits per heavy atom. The van der Waals surface area contributed by atoms with Gasteiger partial charge in [-0.05, 0) is 6.42 Å². The van der Waals surface area contributed by atoms with Crippen molar-refractivity contribution in [3.05, 3.63) is 0 Å². The molecule has 1 N–H and O–H groups in total. The topological polar surface area (TPSA) is 71.0 Å². The average molecular weight is 273 g/mol. The van der Waals surface area contributed by atoms with Gasteiger partial charge in [0.2, 0.25) is 11.8 Å². The maximum absolute atomic E-state index is 11.8. The van der Waals surface area contributed by atoms with Crippen LogP contribution in [0.1, 0.15) is 12.8 Å². The predicted molar refractivity (Wildman–Crippen MR) is 71.6 cm³/mol. The number of aliphatic imine (C=N–C) groups is 1. The number of methoxy groups -OCH3 is 1. The second kappa shape index (κ2) is 7.38. The maximum atomic E-state index is 11.8. The molecule has 0 spiro atoms. The van der Waals surface area contributed by atoms with E-state index in [1.807, 2.05) is 0 Å². The summed E-state index contributed by atoms with van der Waals surface area (Å²) in [4.78, 5) is 28.9. The van der Waals surface area contributed by atoms with E-state index in [0.717, 1.165) is 6.42 Å². The van der Waals surface area contributed by atoms with Gasteiger partial charge in [-0.25, -0.2) is 0 Å². The van der Waals surface area contributed by atoms with Crippen molar-refractivity contribution in [2.45, 2.75) is 18.1 Å². The first kappa shape index (κ1) is 15.0. The first-order chi connectivity index (χ1) is 8.60. The number of nitrogens with one attached hydrogen (secondary N) is 1. The second-order valence-electron chi connectivity index (χ2n) is 3.91. The van der Waals surface area contributed by atoms with Gasteiger partial charge >= 0.3 is 0 Å². The number of amidine groups is 1. The van der Waals surface area contributed by atoms with Crippen LogP contribution in [0.15, 0.2) is 4.99 Å². The zero-order chi connectivity index (χ0) is 13.5. The highest BCUT2D eigenvalue weighted by molar-refractivity contribution is 8.15. The normalized spacial score (nSPS) is 21.7. The molecular formula is C11H19N3O3S. The molecule has 1 heterocycles. The Balaban J connectivity index is 2.35. The van der Waals surface area contributed by atoms with Crippen molar-refractivity contribution >= 4 is 28.7 Å². The zero-order valence-corrected chi connectivity index (χ0v) is 11.7. The van der Waals surface area contributed by atoms with Gasteiger partial charge in [0, 0.05) is 40.8 Å². The van der Waals surface area contributed by atoms with Crippen LogP contribution < -0.4 is 5.32 Å². The van der Waals surface area contributed by atoms with Gasteiger partial charge in [0.05, 0.1) is 0 Å².